The average molecular weight is 262 g/mol. The van der Waals surface area contributed by atoms with Gasteiger partial charge in [-0.3, -0.25) is 14.6 Å². The maximum Gasteiger partial charge on any atom is 0.248 e. The van der Waals surface area contributed by atoms with Gasteiger partial charge in [0.05, 0.1) is 6.20 Å². The molecule has 1 fully saturated rings. The van der Waals surface area contributed by atoms with Gasteiger partial charge >= 0.3 is 0 Å². The van der Waals surface area contributed by atoms with E-state index in [0.29, 0.717) is 25.2 Å². The summed E-state index contributed by atoms with van der Waals surface area (Å²) in [4.78, 5) is 33.7. The SMILES string of the molecule is CCCC(=O)N1CCC[C@@H]1C(=O)Nc1cnccn1. The van der Waals surface area contributed by atoms with Crippen LogP contribution in [0.3, 0.4) is 0 Å². The Bertz CT molecular complexity index is 449. The van der Waals surface area contributed by atoms with Crippen LogP contribution in [0.4, 0.5) is 5.82 Å². The van der Waals surface area contributed by atoms with Gasteiger partial charge in [-0.15, -0.1) is 0 Å². The molecule has 0 aliphatic carbocycles. The molecule has 19 heavy (non-hydrogen) atoms. The van der Waals surface area contributed by atoms with E-state index in [1.165, 1.54) is 12.4 Å². The zero-order valence-corrected chi connectivity index (χ0v) is 11.0. The van der Waals surface area contributed by atoms with Crippen molar-refractivity contribution in [1.82, 2.24) is 14.9 Å². The molecule has 0 radical (unpaired) electrons. The molecule has 1 N–H and O–H groups in total. The van der Waals surface area contributed by atoms with Crippen LogP contribution in [0.25, 0.3) is 0 Å². The smallest absolute Gasteiger partial charge is 0.248 e. The van der Waals surface area contributed by atoms with Crippen LogP contribution in [0.15, 0.2) is 18.6 Å². The van der Waals surface area contributed by atoms with E-state index in [0.717, 1.165) is 12.8 Å². The van der Waals surface area contributed by atoms with E-state index in [2.05, 4.69) is 15.3 Å². The van der Waals surface area contributed by atoms with E-state index in [1.54, 1.807) is 11.1 Å². The lowest BCUT2D eigenvalue weighted by atomic mass is 10.2. The molecule has 0 aromatic carbocycles. The van der Waals surface area contributed by atoms with Crippen LogP contribution in [0.1, 0.15) is 32.6 Å². The number of aromatic nitrogens is 2. The number of nitrogens with zero attached hydrogens (tertiary/aromatic N) is 3. The van der Waals surface area contributed by atoms with Gasteiger partial charge in [0.15, 0.2) is 5.82 Å². The van der Waals surface area contributed by atoms with Crippen LogP contribution in [0, 0.1) is 0 Å². The molecule has 0 unspecified atom stereocenters. The minimum Gasteiger partial charge on any atom is -0.331 e. The number of carbonyl (C=O) groups excluding carboxylic acids is 2. The maximum atomic E-state index is 12.2. The molecule has 2 heterocycles. The highest BCUT2D eigenvalue weighted by Crippen LogP contribution is 2.20. The molecule has 1 atom stereocenters. The summed E-state index contributed by atoms with van der Waals surface area (Å²) in [6.45, 7) is 2.62. The highest BCUT2D eigenvalue weighted by atomic mass is 16.2. The van der Waals surface area contributed by atoms with Gasteiger partial charge in [-0.05, 0) is 19.3 Å². The number of anilines is 1. The van der Waals surface area contributed by atoms with Crippen molar-refractivity contribution in [1.29, 1.82) is 0 Å². The van der Waals surface area contributed by atoms with Crippen molar-refractivity contribution in [3.63, 3.8) is 0 Å². The van der Waals surface area contributed by atoms with Gasteiger partial charge in [0.25, 0.3) is 0 Å². The molecule has 1 aliphatic heterocycles. The van der Waals surface area contributed by atoms with Gasteiger partial charge in [-0.1, -0.05) is 6.92 Å². The first-order valence-electron chi connectivity index (χ1n) is 6.58. The van der Waals surface area contributed by atoms with Crippen molar-refractivity contribution in [3.05, 3.63) is 18.6 Å². The van der Waals surface area contributed by atoms with Crippen molar-refractivity contribution < 1.29 is 9.59 Å². The van der Waals surface area contributed by atoms with Crippen LogP contribution in [0.5, 0.6) is 0 Å². The third-order valence-corrected chi connectivity index (χ3v) is 3.15. The highest BCUT2D eigenvalue weighted by molar-refractivity contribution is 5.96. The fourth-order valence-electron chi connectivity index (χ4n) is 2.27. The Kier molecular flexibility index (Phi) is 4.43. The molecular formula is C13H18N4O2. The predicted molar refractivity (Wildman–Crippen MR) is 70.3 cm³/mol. The third-order valence-electron chi connectivity index (χ3n) is 3.15. The molecule has 1 aromatic rings. The summed E-state index contributed by atoms with van der Waals surface area (Å²) >= 11 is 0. The summed E-state index contributed by atoms with van der Waals surface area (Å²) in [5.41, 5.74) is 0. The number of likely N-dealkylation sites (tertiary alicyclic amines) is 1. The molecule has 1 aliphatic rings. The van der Waals surface area contributed by atoms with E-state index in [9.17, 15) is 9.59 Å². The molecule has 1 saturated heterocycles. The zero-order valence-electron chi connectivity index (χ0n) is 11.0. The number of nitrogens with one attached hydrogen (secondary N) is 1. The lowest BCUT2D eigenvalue weighted by Gasteiger charge is -2.23. The quantitative estimate of drug-likeness (QED) is 0.884. The molecule has 2 amide bonds. The monoisotopic (exact) mass is 262 g/mol. The number of hydrogen-bond donors (Lipinski definition) is 1. The third kappa shape index (κ3) is 3.27. The number of carbonyl (C=O) groups is 2. The molecule has 6 nitrogen and oxygen atoms in total. The highest BCUT2D eigenvalue weighted by Gasteiger charge is 2.33. The summed E-state index contributed by atoms with van der Waals surface area (Å²) in [7, 11) is 0. The molecule has 2 rings (SSSR count). The van der Waals surface area contributed by atoms with Gasteiger partial charge in [-0.25, -0.2) is 4.98 Å². The summed E-state index contributed by atoms with van der Waals surface area (Å²) in [5.74, 6) is 0.295. The Hall–Kier alpha value is -1.98. The summed E-state index contributed by atoms with van der Waals surface area (Å²) < 4.78 is 0. The van der Waals surface area contributed by atoms with Crippen molar-refractivity contribution in [3.8, 4) is 0 Å². The van der Waals surface area contributed by atoms with Crippen LogP contribution in [-0.4, -0.2) is 39.3 Å². The van der Waals surface area contributed by atoms with Crippen molar-refractivity contribution in [2.75, 3.05) is 11.9 Å². The zero-order chi connectivity index (χ0) is 13.7. The Morgan fingerprint density at radius 3 is 3.00 bits per heavy atom. The second-order valence-electron chi connectivity index (χ2n) is 4.58. The van der Waals surface area contributed by atoms with Gasteiger partial charge in [0, 0.05) is 25.4 Å². The van der Waals surface area contributed by atoms with E-state index in [4.69, 9.17) is 0 Å². The summed E-state index contributed by atoms with van der Waals surface area (Å²) in [6.07, 6.45) is 7.43. The predicted octanol–water partition coefficient (Wildman–Crippen LogP) is 1.21. The Balaban J connectivity index is 2.00. The summed E-state index contributed by atoms with van der Waals surface area (Å²) in [6, 6.07) is -0.374. The van der Waals surface area contributed by atoms with Gasteiger partial charge < -0.3 is 10.2 Å². The molecule has 6 heteroatoms. The molecule has 102 valence electrons. The Labute approximate surface area is 112 Å². The first kappa shape index (κ1) is 13.5. The second-order valence-corrected chi connectivity index (χ2v) is 4.58. The second kappa shape index (κ2) is 6.26. The molecule has 0 bridgehead atoms. The lowest BCUT2D eigenvalue weighted by Crippen LogP contribution is -2.43. The minimum absolute atomic E-state index is 0.0549. The Morgan fingerprint density at radius 2 is 2.32 bits per heavy atom. The fraction of sp³-hybridized carbons (Fsp3) is 0.538. The molecular weight excluding hydrogens is 244 g/mol. The molecule has 0 spiro atoms. The van der Waals surface area contributed by atoms with Crippen molar-refractivity contribution in [2.24, 2.45) is 0 Å². The van der Waals surface area contributed by atoms with Gasteiger partial charge in [-0.2, -0.15) is 0 Å². The fourth-order valence-corrected chi connectivity index (χ4v) is 2.27. The first-order chi connectivity index (χ1) is 9.22. The van der Waals surface area contributed by atoms with E-state index >= 15 is 0 Å². The van der Waals surface area contributed by atoms with Crippen LogP contribution in [0.2, 0.25) is 0 Å². The van der Waals surface area contributed by atoms with Crippen LogP contribution < -0.4 is 5.32 Å². The van der Waals surface area contributed by atoms with Gasteiger partial charge in [0.1, 0.15) is 6.04 Å². The molecule has 1 aromatic heterocycles. The molecule has 0 saturated carbocycles. The van der Waals surface area contributed by atoms with Crippen molar-refractivity contribution in [2.45, 2.75) is 38.6 Å². The van der Waals surface area contributed by atoms with E-state index < -0.39 is 0 Å². The van der Waals surface area contributed by atoms with E-state index in [-0.39, 0.29) is 17.9 Å². The minimum atomic E-state index is -0.374. The summed E-state index contributed by atoms with van der Waals surface area (Å²) in [5, 5.41) is 2.70. The van der Waals surface area contributed by atoms with Crippen LogP contribution in [-0.2, 0) is 9.59 Å². The number of hydrogen-bond acceptors (Lipinski definition) is 4. The Morgan fingerprint density at radius 1 is 1.47 bits per heavy atom. The topological polar surface area (TPSA) is 75.2 Å². The van der Waals surface area contributed by atoms with Gasteiger partial charge in [0.2, 0.25) is 11.8 Å². The lowest BCUT2D eigenvalue weighted by molar-refractivity contribution is -0.136. The van der Waals surface area contributed by atoms with Crippen molar-refractivity contribution >= 4 is 17.6 Å². The number of rotatable bonds is 4. The standard InChI is InChI=1S/C13H18N4O2/c1-2-4-12(18)17-8-3-5-10(17)13(19)16-11-9-14-6-7-15-11/h6-7,9-10H,2-5,8H2,1H3,(H,15,16,19)/t10-/m1/s1. The maximum absolute atomic E-state index is 12.2. The van der Waals surface area contributed by atoms with Crippen LogP contribution >= 0.6 is 0 Å². The number of amides is 2. The average Bonchev–Trinajstić information content (AvgIpc) is 2.89. The first-order valence-corrected chi connectivity index (χ1v) is 6.58. The van der Waals surface area contributed by atoms with E-state index in [1.807, 2.05) is 6.92 Å². The normalized spacial score (nSPS) is 18.4. The largest absolute Gasteiger partial charge is 0.331 e.